The minimum atomic E-state index is -1.82. The number of likely N-dealkylation sites (N-methyl/N-ethyl adjacent to an activating group) is 1. The second-order valence-corrected chi connectivity index (χ2v) is 4.59. The van der Waals surface area contributed by atoms with Crippen LogP contribution in [0.25, 0.3) is 0 Å². The summed E-state index contributed by atoms with van der Waals surface area (Å²) in [5, 5.41) is 28.0. The van der Waals surface area contributed by atoms with Gasteiger partial charge in [-0.15, -0.1) is 0 Å². The van der Waals surface area contributed by atoms with Crippen molar-refractivity contribution in [3.63, 3.8) is 0 Å². The number of aliphatic hydroxyl groups excluding tert-OH is 1. The summed E-state index contributed by atoms with van der Waals surface area (Å²) in [5.41, 5.74) is 0.944. The topological polar surface area (TPSA) is 116 Å². The van der Waals surface area contributed by atoms with Crippen molar-refractivity contribution in [3.8, 4) is 0 Å². The van der Waals surface area contributed by atoms with Crippen molar-refractivity contribution >= 4 is 23.5 Å². The van der Waals surface area contributed by atoms with Gasteiger partial charge in [0.1, 0.15) is 0 Å². The molecule has 22 heavy (non-hydrogen) atoms. The normalized spacial score (nSPS) is 11.2. The number of nitrogens with one attached hydrogen (secondary N) is 1. The molecule has 4 N–H and O–H groups in total. The summed E-state index contributed by atoms with van der Waals surface area (Å²) in [7, 11) is 0. The molecular formula is C14H20ClNO6. The van der Waals surface area contributed by atoms with Crippen LogP contribution >= 0.6 is 11.6 Å². The van der Waals surface area contributed by atoms with Crippen molar-refractivity contribution in [2.75, 3.05) is 19.7 Å². The molecule has 0 aliphatic carbocycles. The molecule has 0 aliphatic rings. The van der Waals surface area contributed by atoms with Crippen LogP contribution in [0.5, 0.6) is 0 Å². The Morgan fingerprint density at radius 3 is 2.36 bits per heavy atom. The summed E-state index contributed by atoms with van der Waals surface area (Å²) in [5.74, 6) is -3.65. The number of ether oxygens (including phenoxy) is 1. The number of carboxylic acids is 2. The summed E-state index contributed by atoms with van der Waals surface area (Å²) >= 11 is 5.97. The number of hydrogen-bond donors (Lipinski definition) is 4. The molecule has 1 aromatic carbocycles. The fourth-order valence-corrected chi connectivity index (χ4v) is 1.48. The van der Waals surface area contributed by atoms with Gasteiger partial charge >= 0.3 is 11.9 Å². The van der Waals surface area contributed by atoms with Crippen LogP contribution in [0.4, 0.5) is 0 Å². The maximum absolute atomic E-state index is 9.51. The second kappa shape index (κ2) is 11.9. The van der Waals surface area contributed by atoms with Crippen LogP contribution in [0.3, 0.4) is 0 Å². The molecule has 0 fully saturated rings. The second-order valence-electron chi connectivity index (χ2n) is 4.18. The quantitative estimate of drug-likeness (QED) is 0.550. The van der Waals surface area contributed by atoms with Crippen molar-refractivity contribution < 1.29 is 29.6 Å². The van der Waals surface area contributed by atoms with Gasteiger partial charge in [0.25, 0.3) is 0 Å². The Kier molecular flexibility index (Phi) is 11.0. The zero-order valence-corrected chi connectivity index (χ0v) is 12.9. The highest BCUT2D eigenvalue weighted by atomic mass is 35.5. The molecule has 0 heterocycles. The van der Waals surface area contributed by atoms with Crippen LogP contribution in [0.15, 0.2) is 24.3 Å². The molecule has 0 aromatic heterocycles. The van der Waals surface area contributed by atoms with Crippen LogP contribution in [-0.4, -0.2) is 53.1 Å². The molecule has 0 amide bonds. The molecule has 1 aromatic rings. The fraction of sp³-hybridized carbons (Fsp3) is 0.429. The lowest BCUT2D eigenvalue weighted by molar-refractivity contribution is -0.159. The highest BCUT2D eigenvalue weighted by Gasteiger charge is 2.05. The predicted octanol–water partition coefficient (Wildman–Crippen LogP) is 0.983. The molecule has 0 saturated carbocycles. The number of aliphatic carboxylic acids is 2. The molecule has 0 saturated heterocycles. The number of hydrogen-bond acceptors (Lipinski definition) is 5. The third-order valence-electron chi connectivity index (χ3n) is 2.34. The maximum Gasteiger partial charge on any atom is 0.414 e. The molecule has 124 valence electrons. The van der Waals surface area contributed by atoms with Crippen LogP contribution in [0.2, 0.25) is 5.02 Å². The van der Waals surface area contributed by atoms with E-state index in [1.165, 1.54) is 0 Å². The monoisotopic (exact) mass is 333 g/mol. The van der Waals surface area contributed by atoms with Crippen LogP contribution < -0.4 is 5.32 Å². The van der Waals surface area contributed by atoms with Crippen molar-refractivity contribution in [3.05, 3.63) is 34.9 Å². The summed E-state index contributed by atoms with van der Waals surface area (Å²) in [6, 6.07) is 7.54. The fourth-order valence-electron chi connectivity index (χ4n) is 1.29. The van der Waals surface area contributed by atoms with Gasteiger partial charge in [0.2, 0.25) is 0 Å². The molecule has 1 unspecified atom stereocenters. The molecule has 1 rings (SSSR count). The van der Waals surface area contributed by atoms with Gasteiger partial charge in [-0.2, -0.15) is 0 Å². The van der Waals surface area contributed by atoms with Crippen molar-refractivity contribution in [2.24, 2.45) is 0 Å². The number of carboxylic acid groups (broad SMARTS) is 2. The smallest absolute Gasteiger partial charge is 0.414 e. The minimum Gasteiger partial charge on any atom is -0.473 e. The number of rotatable bonds is 7. The van der Waals surface area contributed by atoms with Crippen molar-refractivity contribution in [2.45, 2.75) is 19.6 Å². The van der Waals surface area contributed by atoms with Gasteiger partial charge in [0.15, 0.2) is 0 Å². The largest absolute Gasteiger partial charge is 0.473 e. The van der Waals surface area contributed by atoms with E-state index < -0.39 is 18.0 Å². The average molecular weight is 334 g/mol. The standard InChI is InChI=1S/C12H18ClNO2.C2H2O4/c1-2-14-7-11(15)9-16-8-10-5-3-4-6-12(10)13;3-1(4)2(5)6/h3-6,11,14-15H,2,7-9H2,1H3;(H,3,4)(H,5,6). The summed E-state index contributed by atoms with van der Waals surface area (Å²) < 4.78 is 5.38. The zero-order chi connectivity index (χ0) is 17.0. The highest BCUT2D eigenvalue weighted by Crippen LogP contribution is 2.15. The first-order valence-electron chi connectivity index (χ1n) is 6.54. The number of halogens is 1. The van der Waals surface area contributed by atoms with Gasteiger partial charge in [-0.25, -0.2) is 9.59 Å². The minimum absolute atomic E-state index is 0.318. The van der Waals surface area contributed by atoms with Crippen molar-refractivity contribution in [1.82, 2.24) is 5.32 Å². The Balaban J connectivity index is 0.000000626. The third-order valence-corrected chi connectivity index (χ3v) is 2.71. The first kappa shape index (κ1) is 20.3. The molecule has 0 spiro atoms. The van der Waals surface area contributed by atoms with Crippen LogP contribution in [-0.2, 0) is 20.9 Å². The zero-order valence-electron chi connectivity index (χ0n) is 12.2. The van der Waals surface area contributed by atoms with E-state index in [2.05, 4.69) is 5.32 Å². The number of benzene rings is 1. The SMILES string of the molecule is CCNCC(O)COCc1ccccc1Cl.O=C(O)C(=O)O. The van der Waals surface area contributed by atoms with E-state index in [1.807, 2.05) is 31.2 Å². The molecule has 0 radical (unpaired) electrons. The molecule has 0 bridgehead atoms. The lowest BCUT2D eigenvalue weighted by Crippen LogP contribution is -2.30. The van der Waals surface area contributed by atoms with E-state index in [0.717, 1.165) is 12.1 Å². The van der Waals surface area contributed by atoms with Gasteiger partial charge in [0.05, 0.1) is 19.3 Å². The van der Waals surface area contributed by atoms with Crippen LogP contribution in [0.1, 0.15) is 12.5 Å². The van der Waals surface area contributed by atoms with Gasteiger partial charge < -0.3 is 25.4 Å². The maximum atomic E-state index is 9.51. The van der Waals surface area contributed by atoms with E-state index >= 15 is 0 Å². The van der Waals surface area contributed by atoms with E-state index in [9.17, 15) is 5.11 Å². The summed E-state index contributed by atoms with van der Waals surface area (Å²) in [6.45, 7) is 4.15. The summed E-state index contributed by atoms with van der Waals surface area (Å²) in [4.78, 5) is 18.2. The van der Waals surface area contributed by atoms with E-state index in [-0.39, 0.29) is 0 Å². The van der Waals surface area contributed by atoms with Gasteiger partial charge in [0, 0.05) is 11.6 Å². The molecular weight excluding hydrogens is 314 g/mol. The van der Waals surface area contributed by atoms with E-state index in [0.29, 0.717) is 24.8 Å². The van der Waals surface area contributed by atoms with E-state index in [4.69, 9.17) is 36.1 Å². The lowest BCUT2D eigenvalue weighted by Gasteiger charge is -2.11. The Morgan fingerprint density at radius 1 is 1.27 bits per heavy atom. The molecule has 7 nitrogen and oxygen atoms in total. The Labute approximate surface area is 133 Å². The van der Waals surface area contributed by atoms with Crippen LogP contribution in [0, 0.1) is 0 Å². The number of aliphatic hydroxyl groups is 1. The Bertz CT molecular complexity index is 456. The lowest BCUT2D eigenvalue weighted by atomic mass is 10.2. The molecule has 1 atom stereocenters. The summed E-state index contributed by atoms with van der Waals surface area (Å²) in [6.07, 6.45) is -0.470. The Hall–Kier alpha value is -1.67. The molecule has 8 heteroatoms. The Morgan fingerprint density at radius 2 is 1.86 bits per heavy atom. The van der Waals surface area contributed by atoms with Gasteiger partial charge in [-0.05, 0) is 18.2 Å². The van der Waals surface area contributed by atoms with Gasteiger partial charge in [-0.1, -0.05) is 36.7 Å². The predicted molar refractivity (Wildman–Crippen MR) is 80.9 cm³/mol. The average Bonchev–Trinajstić information content (AvgIpc) is 2.47. The van der Waals surface area contributed by atoms with E-state index in [1.54, 1.807) is 0 Å². The first-order chi connectivity index (χ1) is 10.4. The first-order valence-corrected chi connectivity index (χ1v) is 6.92. The van der Waals surface area contributed by atoms with Gasteiger partial charge in [-0.3, -0.25) is 0 Å². The number of carbonyl (C=O) groups is 2. The van der Waals surface area contributed by atoms with Crippen molar-refractivity contribution in [1.29, 1.82) is 0 Å². The third kappa shape index (κ3) is 10.1. The molecule has 0 aliphatic heterocycles. The highest BCUT2D eigenvalue weighted by molar-refractivity contribution is 6.31.